The molecule has 0 aliphatic carbocycles. The van der Waals surface area contributed by atoms with Crippen LogP contribution in [0.1, 0.15) is 13.3 Å². The molecule has 2 aliphatic rings. The van der Waals surface area contributed by atoms with Gasteiger partial charge in [0.15, 0.2) is 15.9 Å². The highest BCUT2D eigenvalue weighted by Crippen LogP contribution is 2.46. The number of aromatic nitrogens is 3. The maximum absolute atomic E-state index is 12.9. The van der Waals surface area contributed by atoms with E-state index in [9.17, 15) is 23.1 Å². The molecule has 4 rings (SSSR count). The van der Waals surface area contributed by atoms with Gasteiger partial charge in [0, 0.05) is 5.56 Å². The summed E-state index contributed by atoms with van der Waals surface area (Å²) in [5, 5.41) is 16.5. The molecule has 2 aromatic rings. The average molecular weight is 376 g/mol. The number of rotatable bonds is 4. The summed E-state index contributed by atoms with van der Waals surface area (Å²) in [6, 6.07) is 7.78. The van der Waals surface area contributed by atoms with Crippen molar-refractivity contribution in [3.8, 4) is 11.3 Å². The maximum atomic E-state index is 12.9. The van der Waals surface area contributed by atoms with E-state index in [0.717, 1.165) is 10.5 Å². The number of sulfone groups is 1. The fourth-order valence-corrected chi connectivity index (χ4v) is 6.09. The molecule has 3 atom stereocenters. The molecule has 0 saturated carbocycles. The number of hydrogen-bond acceptors (Lipinski definition) is 6. The summed E-state index contributed by atoms with van der Waals surface area (Å²) in [4.78, 5) is 24.5. The van der Waals surface area contributed by atoms with Gasteiger partial charge in [-0.1, -0.05) is 35.5 Å². The van der Waals surface area contributed by atoms with Crippen molar-refractivity contribution in [2.24, 2.45) is 0 Å². The van der Waals surface area contributed by atoms with E-state index in [1.165, 1.54) is 11.6 Å². The Bertz CT molecular complexity index is 1000. The van der Waals surface area contributed by atoms with Crippen LogP contribution in [-0.4, -0.2) is 61.5 Å². The van der Waals surface area contributed by atoms with Gasteiger partial charge in [-0.05, 0) is 6.92 Å². The number of amides is 1. The van der Waals surface area contributed by atoms with Crippen LogP contribution >= 0.6 is 0 Å². The Hall–Kier alpha value is -2.75. The summed E-state index contributed by atoms with van der Waals surface area (Å²) >= 11 is 0. The number of hydrogen-bond donors (Lipinski definition) is 1. The van der Waals surface area contributed by atoms with Crippen LogP contribution in [0.3, 0.4) is 0 Å². The molecule has 26 heavy (non-hydrogen) atoms. The van der Waals surface area contributed by atoms with Crippen molar-refractivity contribution in [3.05, 3.63) is 36.5 Å². The third-order valence-corrected chi connectivity index (χ3v) is 7.89. The summed E-state index contributed by atoms with van der Waals surface area (Å²) in [5.41, 5.74) is 1.36. The summed E-state index contributed by atoms with van der Waals surface area (Å²) in [6.07, 6.45) is 1.40. The van der Waals surface area contributed by atoms with E-state index in [2.05, 4.69) is 10.3 Å². The predicted octanol–water partition coefficient (Wildman–Crippen LogP) is 0.144. The molecule has 2 saturated heterocycles. The van der Waals surface area contributed by atoms with Crippen molar-refractivity contribution in [3.63, 3.8) is 0 Å². The monoisotopic (exact) mass is 376 g/mol. The van der Waals surface area contributed by atoms with E-state index >= 15 is 0 Å². The molecule has 136 valence electrons. The van der Waals surface area contributed by atoms with Gasteiger partial charge in [0.2, 0.25) is 5.91 Å². The highest BCUT2D eigenvalue weighted by molar-refractivity contribution is 7.93. The third kappa shape index (κ3) is 2.11. The van der Waals surface area contributed by atoms with Crippen LogP contribution in [-0.2, 0) is 26.0 Å². The van der Waals surface area contributed by atoms with E-state index in [1.54, 1.807) is 6.20 Å². The number of carbonyl (C=O) groups is 2. The van der Waals surface area contributed by atoms with Gasteiger partial charge in [0.05, 0.1) is 19.2 Å². The van der Waals surface area contributed by atoms with E-state index in [-0.39, 0.29) is 13.0 Å². The van der Waals surface area contributed by atoms with E-state index in [1.807, 2.05) is 30.3 Å². The molecule has 1 aromatic heterocycles. The minimum atomic E-state index is -3.87. The number of carbonyl (C=O) groups excluding carboxylic acids is 1. The Morgan fingerprint density at radius 1 is 1.35 bits per heavy atom. The molecule has 0 unspecified atom stereocenters. The smallest absolute Gasteiger partial charge is 0.328 e. The van der Waals surface area contributed by atoms with Gasteiger partial charge in [-0.3, -0.25) is 9.48 Å². The first-order valence-corrected chi connectivity index (χ1v) is 9.53. The number of carboxylic acids is 1. The van der Waals surface area contributed by atoms with Crippen molar-refractivity contribution in [2.75, 3.05) is 0 Å². The Labute approximate surface area is 149 Å². The molecule has 2 fully saturated rings. The lowest BCUT2D eigenvalue weighted by Crippen LogP contribution is -2.58. The second-order valence-electron chi connectivity index (χ2n) is 6.73. The van der Waals surface area contributed by atoms with Gasteiger partial charge >= 0.3 is 5.97 Å². The Morgan fingerprint density at radius 3 is 2.65 bits per heavy atom. The number of fused-ring (bicyclic) bond motifs is 1. The van der Waals surface area contributed by atoms with Gasteiger partial charge in [-0.25, -0.2) is 13.2 Å². The van der Waals surface area contributed by atoms with Crippen molar-refractivity contribution >= 4 is 21.7 Å². The van der Waals surface area contributed by atoms with E-state index < -0.39 is 37.9 Å². The van der Waals surface area contributed by atoms with Gasteiger partial charge in [0.25, 0.3) is 0 Å². The number of benzene rings is 1. The zero-order chi connectivity index (χ0) is 18.7. The molecule has 2 aliphatic heterocycles. The first kappa shape index (κ1) is 16.7. The zero-order valence-corrected chi connectivity index (χ0v) is 14.6. The zero-order valence-electron chi connectivity index (χ0n) is 13.8. The van der Waals surface area contributed by atoms with Crippen LogP contribution in [0.25, 0.3) is 11.3 Å². The summed E-state index contributed by atoms with van der Waals surface area (Å²) in [6.45, 7) is 1.16. The lowest BCUT2D eigenvalue weighted by molar-refractivity contribution is -0.157. The van der Waals surface area contributed by atoms with Gasteiger partial charge < -0.3 is 10.0 Å². The SMILES string of the molecule is C[C@]1(Cn2cc(-c3ccccc3)nn2)[C@H](C(=O)O)N2C(=O)C[C@@H]2S1(=O)=O. The molecule has 1 aromatic carbocycles. The van der Waals surface area contributed by atoms with Gasteiger partial charge in [-0.2, -0.15) is 0 Å². The number of carboxylic acid groups (broad SMARTS) is 1. The number of aliphatic carboxylic acids is 1. The highest BCUT2D eigenvalue weighted by Gasteiger charge is 2.70. The fourth-order valence-electron chi connectivity index (χ4n) is 3.73. The molecular weight excluding hydrogens is 360 g/mol. The molecule has 1 amide bonds. The first-order valence-electron chi connectivity index (χ1n) is 7.99. The van der Waals surface area contributed by atoms with Crippen LogP contribution in [0.15, 0.2) is 36.5 Å². The molecule has 1 N–H and O–H groups in total. The molecule has 0 bridgehead atoms. The minimum absolute atomic E-state index is 0.172. The van der Waals surface area contributed by atoms with Gasteiger partial charge in [0.1, 0.15) is 15.8 Å². The largest absolute Gasteiger partial charge is 0.480 e. The minimum Gasteiger partial charge on any atom is -0.480 e. The Morgan fingerprint density at radius 2 is 2.04 bits per heavy atom. The normalized spacial score (nSPS) is 29.3. The van der Waals surface area contributed by atoms with E-state index in [0.29, 0.717) is 5.69 Å². The lowest BCUT2D eigenvalue weighted by Gasteiger charge is -2.35. The standard InChI is InChI=1S/C16H16N4O5S/c1-16(9-19-8-11(17-18-19)10-5-3-2-4-6-10)14(15(22)23)20-12(21)7-13(20)26(16,24)25/h2-6,8,13-14H,7,9H2,1H3,(H,22,23)/t13-,14-,16-/m0/s1. The fraction of sp³-hybridized carbons (Fsp3) is 0.375. The average Bonchev–Trinajstić information content (AvgIpc) is 3.09. The molecule has 3 heterocycles. The summed E-state index contributed by atoms with van der Waals surface area (Å²) < 4.78 is 25.4. The molecular formula is C16H16N4O5S. The highest BCUT2D eigenvalue weighted by atomic mass is 32.2. The lowest BCUT2D eigenvalue weighted by atomic mass is 9.96. The van der Waals surface area contributed by atoms with Crippen molar-refractivity contribution in [1.82, 2.24) is 19.9 Å². The number of β-lactam (4-membered cyclic amide) rings is 1. The van der Waals surface area contributed by atoms with Crippen LogP contribution in [0, 0.1) is 0 Å². The molecule has 0 radical (unpaired) electrons. The second kappa shape index (κ2) is 5.37. The molecule has 9 nitrogen and oxygen atoms in total. The topological polar surface area (TPSA) is 122 Å². The van der Waals surface area contributed by atoms with Crippen LogP contribution in [0.4, 0.5) is 0 Å². The van der Waals surface area contributed by atoms with Crippen LogP contribution in [0.5, 0.6) is 0 Å². The van der Waals surface area contributed by atoms with E-state index in [4.69, 9.17) is 0 Å². The summed E-state index contributed by atoms with van der Waals surface area (Å²) in [7, 11) is -3.87. The van der Waals surface area contributed by atoms with Gasteiger partial charge in [-0.15, -0.1) is 5.10 Å². The quantitative estimate of drug-likeness (QED) is 0.753. The summed E-state index contributed by atoms with van der Waals surface area (Å²) in [5.74, 6) is -1.80. The number of nitrogens with zero attached hydrogens (tertiary/aromatic N) is 4. The van der Waals surface area contributed by atoms with Crippen molar-refractivity contribution in [2.45, 2.75) is 36.1 Å². The Kier molecular flexibility index (Phi) is 3.45. The maximum Gasteiger partial charge on any atom is 0.328 e. The molecule has 10 heteroatoms. The Balaban J connectivity index is 1.71. The second-order valence-corrected chi connectivity index (χ2v) is 9.29. The predicted molar refractivity (Wildman–Crippen MR) is 89.5 cm³/mol. The van der Waals surface area contributed by atoms with Crippen molar-refractivity contribution in [1.29, 1.82) is 0 Å². The third-order valence-electron chi connectivity index (χ3n) is 5.13. The van der Waals surface area contributed by atoms with Crippen molar-refractivity contribution < 1.29 is 23.1 Å². The van der Waals surface area contributed by atoms with Crippen LogP contribution in [0.2, 0.25) is 0 Å². The molecule has 0 spiro atoms. The first-order chi connectivity index (χ1) is 12.3. The van der Waals surface area contributed by atoms with Crippen LogP contribution < -0.4 is 0 Å².